The minimum absolute atomic E-state index is 0.245. The van der Waals surface area contributed by atoms with E-state index in [1.807, 2.05) is 36.4 Å². The van der Waals surface area contributed by atoms with E-state index in [9.17, 15) is 9.59 Å². The molecule has 1 aliphatic rings. The van der Waals surface area contributed by atoms with Crippen molar-refractivity contribution in [2.24, 2.45) is 11.7 Å². The first kappa shape index (κ1) is 16.3. The Labute approximate surface area is 131 Å². The van der Waals surface area contributed by atoms with E-state index >= 15 is 0 Å². The molecule has 0 spiro atoms. The average molecular weight is 300 g/mol. The van der Waals surface area contributed by atoms with Crippen molar-refractivity contribution in [3.05, 3.63) is 48.0 Å². The predicted octanol–water partition coefficient (Wildman–Crippen LogP) is 2.34. The Bertz CT molecular complexity index is 519. The van der Waals surface area contributed by atoms with Crippen LogP contribution in [-0.2, 0) is 16.0 Å². The number of primary amides is 1. The van der Waals surface area contributed by atoms with Gasteiger partial charge in [0.05, 0.1) is 0 Å². The van der Waals surface area contributed by atoms with Gasteiger partial charge in [0, 0.05) is 6.42 Å². The van der Waals surface area contributed by atoms with Crippen LogP contribution >= 0.6 is 0 Å². The van der Waals surface area contributed by atoms with Gasteiger partial charge < -0.3 is 11.1 Å². The highest BCUT2D eigenvalue weighted by molar-refractivity contribution is 5.92. The number of nitrogens with one attached hydrogen (secondary N) is 1. The molecule has 0 aromatic heterocycles. The van der Waals surface area contributed by atoms with Gasteiger partial charge in [0.25, 0.3) is 0 Å². The predicted molar refractivity (Wildman–Crippen MR) is 87.0 cm³/mol. The molecule has 118 valence electrons. The molecule has 3 N–H and O–H groups in total. The van der Waals surface area contributed by atoms with Crippen molar-refractivity contribution in [3.63, 3.8) is 0 Å². The summed E-state index contributed by atoms with van der Waals surface area (Å²) in [5.74, 6) is -0.269. The summed E-state index contributed by atoms with van der Waals surface area (Å²) in [6.07, 6.45) is 9.98. The van der Waals surface area contributed by atoms with E-state index in [1.54, 1.807) is 6.08 Å². The van der Waals surface area contributed by atoms with Gasteiger partial charge in [0.15, 0.2) is 0 Å². The molecule has 2 rings (SSSR count). The molecule has 1 saturated carbocycles. The SMILES string of the molecule is NC(=O)C(Cc1ccccc1)NC(=O)/C=C/C1CCCCC1. The zero-order valence-corrected chi connectivity index (χ0v) is 12.8. The van der Waals surface area contributed by atoms with E-state index in [0.29, 0.717) is 12.3 Å². The highest BCUT2D eigenvalue weighted by Crippen LogP contribution is 2.24. The summed E-state index contributed by atoms with van der Waals surface area (Å²) >= 11 is 0. The molecular formula is C18H24N2O2. The van der Waals surface area contributed by atoms with Gasteiger partial charge in [-0.2, -0.15) is 0 Å². The highest BCUT2D eigenvalue weighted by Gasteiger charge is 2.18. The van der Waals surface area contributed by atoms with Crippen molar-refractivity contribution < 1.29 is 9.59 Å². The van der Waals surface area contributed by atoms with Gasteiger partial charge in [-0.3, -0.25) is 9.59 Å². The summed E-state index contributed by atoms with van der Waals surface area (Å²) in [6, 6.07) is 8.87. The summed E-state index contributed by atoms with van der Waals surface area (Å²) in [4.78, 5) is 23.5. The second-order valence-corrected chi connectivity index (χ2v) is 5.91. The Morgan fingerprint density at radius 3 is 2.50 bits per heavy atom. The van der Waals surface area contributed by atoms with Crippen molar-refractivity contribution in [2.45, 2.75) is 44.6 Å². The topological polar surface area (TPSA) is 72.2 Å². The average Bonchev–Trinajstić information content (AvgIpc) is 2.54. The van der Waals surface area contributed by atoms with Crippen molar-refractivity contribution in [2.75, 3.05) is 0 Å². The molecule has 1 fully saturated rings. The number of carbonyl (C=O) groups excluding carboxylic acids is 2. The van der Waals surface area contributed by atoms with Crippen LogP contribution in [0.3, 0.4) is 0 Å². The first-order chi connectivity index (χ1) is 10.6. The molecule has 0 bridgehead atoms. The normalized spacial score (nSPS) is 17.3. The Kier molecular flexibility index (Phi) is 6.19. The van der Waals surface area contributed by atoms with Crippen LogP contribution in [0.5, 0.6) is 0 Å². The van der Waals surface area contributed by atoms with Crippen LogP contribution in [0.15, 0.2) is 42.5 Å². The lowest BCUT2D eigenvalue weighted by molar-refractivity contribution is -0.124. The number of nitrogens with two attached hydrogens (primary N) is 1. The first-order valence-corrected chi connectivity index (χ1v) is 7.97. The van der Waals surface area contributed by atoms with Crippen molar-refractivity contribution in [1.29, 1.82) is 0 Å². The number of hydrogen-bond acceptors (Lipinski definition) is 2. The largest absolute Gasteiger partial charge is 0.368 e. The smallest absolute Gasteiger partial charge is 0.244 e. The van der Waals surface area contributed by atoms with Crippen molar-refractivity contribution in [3.8, 4) is 0 Å². The van der Waals surface area contributed by atoms with E-state index in [2.05, 4.69) is 5.32 Å². The van der Waals surface area contributed by atoms with Crippen LogP contribution in [0.2, 0.25) is 0 Å². The summed E-state index contributed by atoms with van der Waals surface area (Å²) in [6.45, 7) is 0. The fraction of sp³-hybridized carbons (Fsp3) is 0.444. The maximum atomic E-state index is 12.0. The summed E-state index contributed by atoms with van der Waals surface area (Å²) < 4.78 is 0. The molecular weight excluding hydrogens is 276 g/mol. The van der Waals surface area contributed by atoms with Gasteiger partial charge >= 0.3 is 0 Å². The zero-order chi connectivity index (χ0) is 15.8. The standard InChI is InChI=1S/C18H24N2O2/c19-18(22)16(13-15-9-5-2-6-10-15)20-17(21)12-11-14-7-3-1-4-8-14/h2,5-6,9-12,14,16H,1,3-4,7-8,13H2,(H2,19,22)(H,20,21)/b12-11+. The monoisotopic (exact) mass is 300 g/mol. The first-order valence-electron chi connectivity index (χ1n) is 7.97. The van der Waals surface area contributed by atoms with Gasteiger partial charge in [-0.05, 0) is 30.4 Å². The van der Waals surface area contributed by atoms with Crippen LogP contribution < -0.4 is 11.1 Å². The van der Waals surface area contributed by atoms with E-state index in [0.717, 1.165) is 18.4 Å². The fourth-order valence-corrected chi connectivity index (χ4v) is 2.84. The maximum absolute atomic E-state index is 12.0. The number of amides is 2. The van der Waals surface area contributed by atoms with E-state index in [-0.39, 0.29) is 5.91 Å². The van der Waals surface area contributed by atoms with E-state index in [1.165, 1.54) is 19.3 Å². The Morgan fingerprint density at radius 1 is 1.18 bits per heavy atom. The van der Waals surface area contributed by atoms with E-state index in [4.69, 9.17) is 5.73 Å². The molecule has 0 heterocycles. The molecule has 4 heteroatoms. The van der Waals surface area contributed by atoms with Crippen molar-refractivity contribution >= 4 is 11.8 Å². The molecule has 1 aromatic carbocycles. The summed E-state index contributed by atoms with van der Waals surface area (Å²) in [5, 5.41) is 2.70. The lowest BCUT2D eigenvalue weighted by Crippen LogP contribution is -2.45. The molecule has 1 unspecified atom stereocenters. The van der Waals surface area contributed by atoms with Crippen LogP contribution in [0.1, 0.15) is 37.7 Å². The Hall–Kier alpha value is -2.10. The minimum Gasteiger partial charge on any atom is -0.368 e. The lowest BCUT2D eigenvalue weighted by Gasteiger charge is -2.18. The van der Waals surface area contributed by atoms with Gasteiger partial charge in [0.1, 0.15) is 6.04 Å². The molecule has 0 radical (unpaired) electrons. The quantitative estimate of drug-likeness (QED) is 0.791. The molecule has 1 aromatic rings. The molecule has 22 heavy (non-hydrogen) atoms. The molecule has 1 atom stereocenters. The van der Waals surface area contributed by atoms with Crippen molar-refractivity contribution in [1.82, 2.24) is 5.32 Å². The second-order valence-electron chi connectivity index (χ2n) is 5.91. The molecule has 2 amide bonds. The van der Waals surface area contributed by atoms with Gasteiger partial charge in [-0.25, -0.2) is 0 Å². The minimum atomic E-state index is -0.675. The van der Waals surface area contributed by atoms with Crippen LogP contribution in [-0.4, -0.2) is 17.9 Å². The maximum Gasteiger partial charge on any atom is 0.244 e. The third kappa shape index (κ3) is 5.35. The van der Waals surface area contributed by atoms with Crippen LogP contribution in [0.4, 0.5) is 0 Å². The highest BCUT2D eigenvalue weighted by atomic mass is 16.2. The number of rotatable bonds is 6. The molecule has 0 saturated heterocycles. The van der Waals surface area contributed by atoms with Crippen LogP contribution in [0, 0.1) is 5.92 Å². The summed E-state index contributed by atoms with van der Waals surface area (Å²) in [7, 11) is 0. The number of allylic oxidation sites excluding steroid dienone is 1. The fourth-order valence-electron chi connectivity index (χ4n) is 2.84. The number of benzene rings is 1. The molecule has 0 aliphatic heterocycles. The number of carbonyl (C=O) groups is 2. The number of hydrogen-bond donors (Lipinski definition) is 2. The second kappa shape index (κ2) is 8.37. The Morgan fingerprint density at radius 2 is 1.86 bits per heavy atom. The molecule has 1 aliphatic carbocycles. The van der Waals surface area contributed by atoms with Gasteiger partial charge in [-0.1, -0.05) is 55.7 Å². The van der Waals surface area contributed by atoms with Crippen LogP contribution in [0.25, 0.3) is 0 Å². The third-order valence-corrected chi connectivity index (χ3v) is 4.11. The lowest BCUT2D eigenvalue weighted by atomic mass is 9.89. The van der Waals surface area contributed by atoms with Gasteiger partial charge in [0.2, 0.25) is 11.8 Å². The summed E-state index contributed by atoms with van der Waals surface area (Å²) in [5.41, 5.74) is 6.37. The van der Waals surface area contributed by atoms with Gasteiger partial charge in [-0.15, -0.1) is 0 Å². The zero-order valence-electron chi connectivity index (χ0n) is 12.8. The van der Waals surface area contributed by atoms with E-state index < -0.39 is 11.9 Å². The Balaban J connectivity index is 1.88. The third-order valence-electron chi connectivity index (χ3n) is 4.11. The molecule has 4 nitrogen and oxygen atoms in total.